The number of rotatable bonds is 5. The first-order chi connectivity index (χ1) is 13.6. The normalized spacial score (nSPS) is 11.1. The fourth-order valence-corrected chi connectivity index (χ4v) is 4.71. The largest absolute Gasteiger partial charge is 0.483 e. The molecule has 1 aromatic heterocycles. The maximum absolute atomic E-state index is 12.3. The van der Waals surface area contributed by atoms with Crippen molar-refractivity contribution in [2.24, 2.45) is 0 Å². The molecule has 0 spiro atoms. The molecule has 0 unspecified atom stereocenters. The molecule has 28 heavy (non-hydrogen) atoms. The van der Waals surface area contributed by atoms with Crippen LogP contribution in [-0.2, 0) is 11.3 Å². The maximum atomic E-state index is 12.3. The van der Waals surface area contributed by atoms with Crippen LogP contribution < -0.4 is 14.9 Å². The van der Waals surface area contributed by atoms with Crippen molar-refractivity contribution in [1.82, 2.24) is 4.57 Å². The number of hydrogen-bond donors (Lipinski definition) is 1. The van der Waals surface area contributed by atoms with Gasteiger partial charge in [0.25, 0.3) is 5.91 Å². The predicted molar refractivity (Wildman–Crippen MR) is 118 cm³/mol. The molecule has 0 aliphatic rings. The van der Waals surface area contributed by atoms with E-state index >= 15 is 0 Å². The SMILES string of the molecule is CCn1c(=O)sc2cc(NC(=O)COc3ccc4ccccc4c3Br)ccc21. The molecule has 0 saturated carbocycles. The lowest BCUT2D eigenvalue weighted by Gasteiger charge is -2.11. The van der Waals surface area contributed by atoms with Crippen LogP contribution in [0.5, 0.6) is 5.75 Å². The molecule has 3 aromatic carbocycles. The fourth-order valence-electron chi connectivity index (χ4n) is 3.11. The van der Waals surface area contributed by atoms with Gasteiger partial charge in [-0.1, -0.05) is 41.7 Å². The first-order valence-electron chi connectivity index (χ1n) is 8.80. The van der Waals surface area contributed by atoms with E-state index in [2.05, 4.69) is 21.2 Å². The zero-order valence-corrected chi connectivity index (χ0v) is 17.5. The topological polar surface area (TPSA) is 60.3 Å². The summed E-state index contributed by atoms with van der Waals surface area (Å²) in [6.07, 6.45) is 0. The third kappa shape index (κ3) is 3.55. The molecule has 0 aliphatic heterocycles. The Bertz CT molecular complexity index is 1250. The Morgan fingerprint density at radius 1 is 1.18 bits per heavy atom. The Labute approximate surface area is 173 Å². The lowest BCUT2D eigenvalue weighted by atomic mass is 10.1. The van der Waals surface area contributed by atoms with Gasteiger partial charge in [0.2, 0.25) is 0 Å². The number of hydrogen-bond acceptors (Lipinski definition) is 4. The summed E-state index contributed by atoms with van der Waals surface area (Å²) in [5.74, 6) is 0.351. The number of anilines is 1. The Morgan fingerprint density at radius 3 is 2.82 bits per heavy atom. The van der Waals surface area contributed by atoms with Crippen LogP contribution in [-0.4, -0.2) is 17.1 Å². The number of thiazole rings is 1. The molecule has 142 valence electrons. The Balaban J connectivity index is 1.47. The molecule has 0 aliphatic carbocycles. The number of carbonyl (C=O) groups excluding carboxylic acids is 1. The number of benzene rings is 3. The van der Waals surface area contributed by atoms with Crippen LogP contribution in [0.2, 0.25) is 0 Å². The molecule has 0 atom stereocenters. The van der Waals surface area contributed by atoms with Crippen LogP contribution in [0, 0.1) is 0 Å². The molecule has 0 radical (unpaired) electrons. The Kier molecular flexibility index (Phi) is 5.19. The smallest absolute Gasteiger partial charge is 0.308 e. The van der Waals surface area contributed by atoms with Crippen LogP contribution in [0.4, 0.5) is 5.69 Å². The van der Waals surface area contributed by atoms with E-state index in [0.717, 1.165) is 25.5 Å². The number of halogens is 1. The van der Waals surface area contributed by atoms with E-state index in [4.69, 9.17) is 4.74 Å². The second-order valence-corrected chi connectivity index (χ2v) is 8.02. The molecule has 7 heteroatoms. The molecule has 4 aromatic rings. The summed E-state index contributed by atoms with van der Waals surface area (Å²) in [6.45, 7) is 2.45. The van der Waals surface area contributed by atoms with Gasteiger partial charge in [-0.05, 0) is 57.9 Å². The van der Waals surface area contributed by atoms with Crippen LogP contribution in [0.15, 0.2) is 63.9 Å². The van der Waals surface area contributed by atoms with Crippen molar-refractivity contribution >= 4 is 59.9 Å². The van der Waals surface area contributed by atoms with Gasteiger partial charge in [0.15, 0.2) is 6.61 Å². The zero-order chi connectivity index (χ0) is 19.7. The molecule has 1 N–H and O–H groups in total. The number of aryl methyl sites for hydroxylation is 1. The highest BCUT2D eigenvalue weighted by Crippen LogP contribution is 2.33. The summed E-state index contributed by atoms with van der Waals surface area (Å²) in [5, 5.41) is 4.95. The van der Waals surface area contributed by atoms with E-state index in [9.17, 15) is 9.59 Å². The number of nitrogens with one attached hydrogen (secondary N) is 1. The first-order valence-corrected chi connectivity index (χ1v) is 10.4. The Hall–Kier alpha value is -2.64. The van der Waals surface area contributed by atoms with Crippen LogP contribution in [0.1, 0.15) is 6.92 Å². The second kappa shape index (κ2) is 7.77. The van der Waals surface area contributed by atoms with E-state index < -0.39 is 0 Å². The van der Waals surface area contributed by atoms with Gasteiger partial charge in [-0.3, -0.25) is 14.2 Å². The zero-order valence-electron chi connectivity index (χ0n) is 15.1. The molecule has 0 saturated heterocycles. The van der Waals surface area contributed by atoms with Crippen LogP contribution >= 0.6 is 27.3 Å². The third-order valence-corrected chi connectivity index (χ3v) is 6.21. The lowest BCUT2D eigenvalue weighted by Crippen LogP contribution is -2.20. The fraction of sp³-hybridized carbons (Fsp3) is 0.143. The van der Waals surface area contributed by atoms with E-state index in [1.807, 2.05) is 55.5 Å². The number of amides is 1. The monoisotopic (exact) mass is 456 g/mol. The van der Waals surface area contributed by atoms with E-state index in [0.29, 0.717) is 18.0 Å². The van der Waals surface area contributed by atoms with E-state index in [1.54, 1.807) is 10.6 Å². The summed E-state index contributed by atoms with van der Waals surface area (Å²) in [5.41, 5.74) is 1.52. The van der Waals surface area contributed by atoms with Crippen molar-refractivity contribution in [3.8, 4) is 5.75 Å². The van der Waals surface area contributed by atoms with Crippen LogP contribution in [0.3, 0.4) is 0 Å². The minimum absolute atomic E-state index is 0.00506. The predicted octanol–water partition coefficient (Wildman–Crippen LogP) is 5.02. The van der Waals surface area contributed by atoms with Crippen molar-refractivity contribution in [2.45, 2.75) is 13.5 Å². The standard InChI is InChI=1S/C21H17BrN2O3S/c1-2-24-16-9-8-14(11-18(16)28-21(24)26)23-19(25)12-27-17-10-7-13-5-3-4-6-15(13)20(17)22/h3-11H,2,12H2,1H3,(H,23,25). The summed E-state index contributed by atoms with van der Waals surface area (Å²) < 4.78 is 9.09. The molecule has 1 heterocycles. The highest BCUT2D eigenvalue weighted by molar-refractivity contribution is 9.10. The quantitative estimate of drug-likeness (QED) is 0.458. The molecule has 4 rings (SSSR count). The molecule has 0 bridgehead atoms. The Morgan fingerprint density at radius 2 is 2.00 bits per heavy atom. The van der Waals surface area contributed by atoms with Gasteiger partial charge in [0.05, 0.1) is 14.7 Å². The summed E-state index contributed by atoms with van der Waals surface area (Å²) in [7, 11) is 0. The summed E-state index contributed by atoms with van der Waals surface area (Å²) in [4.78, 5) is 24.3. The van der Waals surface area contributed by atoms with Gasteiger partial charge in [-0.25, -0.2) is 0 Å². The van der Waals surface area contributed by atoms with Crippen molar-refractivity contribution in [3.63, 3.8) is 0 Å². The van der Waals surface area contributed by atoms with Crippen LogP contribution in [0.25, 0.3) is 21.0 Å². The average Bonchev–Trinajstić information content (AvgIpc) is 3.01. The van der Waals surface area contributed by atoms with Gasteiger partial charge in [-0.2, -0.15) is 0 Å². The third-order valence-electron chi connectivity index (χ3n) is 4.45. The molecule has 5 nitrogen and oxygen atoms in total. The number of fused-ring (bicyclic) bond motifs is 2. The van der Waals surface area contributed by atoms with E-state index in [1.165, 1.54) is 11.3 Å². The summed E-state index contributed by atoms with van der Waals surface area (Å²) >= 11 is 4.73. The van der Waals surface area contributed by atoms with Crippen molar-refractivity contribution in [1.29, 1.82) is 0 Å². The molecular weight excluding hydrogens is 440 g/mol. The summed E-state index contributed by atoms with van der Waals surface area (Å²) in [6, 6.07) is 17.2. The second-order valence-electron chi connectivity index (χ2n) is 6.23. The van der Waals surface area contributed by atoms with E-state index in [-0.39, 0.29) is 17.4 Å². The van der Waals surface area contributed by atoms with Gasteiger partial charge in [0.1, 0.15) is 5.75 Å². The average molecular weight is 457 g/mol. The van der Waals surface area contributed by atoms with Gasteiger partial charge in [0, 0.05) is 12.2 Å². The molecule has 1 amide bonds. The number of carbonyl (C=O) groups is 1. The number of aromatic nitrogens is 1. The lowest BCUT2D eigenvalue weighted by molar-refractivity contribution is -0.118. The maximum Gasteiger partial charge on any atom is 0.308 e. The molecule has 0 fully saturated rings. The highest BCUT2D eigenvalue weighted by Gasteiger charge is 2.11. The van der Waals surface area contributed by atoms with Gasteiger partial charge < -0.3 is 10.1 Å². The first kappa shape index (κ1) is 18.7. The minimum Gasteiger partial charge on any atom is -0.483 e. The van der Waals surface area contributed by atoms with Crippen molar-refractivity contribution < 1.29 is 9.53 Å². The highest BCUT2D eigenvalue weighted by atomic mass is 79.9. The minimum atomic E-state index is -0.262. The van der Waals surface area contributed by atoms with Crippen molar-refractivity contribution in [2.75, 3.05) is 11.9 Å². The van der Waals surface area contributed by atoms with Gasteiger partial charge >= 0.3 is 4.87 Å². The van der Waals surface area contributed by atoms with Crippen molar-refractivity contribution in [3.05, 3.63) is 68.7 Å². The number of nitrogens with zero attached hydrogens (tertiary/aromatic N) is 1. The van der Waals surface area contributed by atoms with Gasteiger partial charge in [-0.15, -0.1) is 0 Å². The molecular formula is C21H17BrN2O3S. The number of ether oxygens (including phenoxy) is 1.